The van der Waals surface area contributed by atoms with Crippen molar-refractivity contribution >= 4 is 11.7 Å². The van der Waals surface area contributed by atoms with Crippen molar-refractivity contribution in [2.75, 3.05) is 18.5 Å². The molecule has 0 aliphatic carbocycles. The van der Waals surface area contributed by atoms with Crippen LogP contribution in [0.2, 0.25) is 0 Å². The molecule has 2 aliphatic rings. The SMILES string of the molecule is CCCCCCCCCCCCO[C@H]1O[C@@H](CNC(=O)Nc2ccc(C)cc2)[C@@H]2OC(C)(C)O[C@H]12. The van der Waals surface area contributed by atoms with Crippen LogP contribution in [-0.2, 0) is 18.9 Å². The Balaban J connectivity index is 1.34. The Labute approximate surface area is 211 Å². The lowest BCUT2D eigenvalue weighted by Crippen LogP contribution is -2.41. The highest BCUT2D eigenvalue weighted by atomic mass is 16.8. The van der Waals surface area contributed by atoms with Crippen LogP contribution in [0.5, 0.6) is 0 Å². The van der Waals surface area contributed by atoms with E-state index in [0.29, 0.717) is 13.2 Å². The number of ether oxygens (including phenoxy) is 4. The van der Waals surface area contributed by atoms with Crippen LogP contribution < -0.4 is 10.6 Å². The van der Waals surface area contributed by atoms with Crippen molar-refractivity contribution in [1.82, 2.24) is 5.32 Å². The zero-order valence-corrected chi connectivity index (χ0v) is 22.1. The largest absolute Gasteiger partial charge is 0.350 e. The summed E-state index contributed by atoms with van der Waals surface area (Å²) >= 11 is 0. The van der Waals surface area contributed by atoms with Crippen molar-refractivity contribution in [2.24, 2.45) is 0 Å². The van der Waals surface area contributed by atoms with Crippen molar-refractivity contribution in [3.8, 4) is 0 Å². The molecule has 7 heteroatoms. The van der Waals surface area contributed by atoms with Crippen LogP contribution in [0.25, 0.3) is 0 Å². The normalized spacial score (nSPS) is 24.9. The van der Waals surface area contributed by atoms with Crippen LogP contribution >= 0.6 is 0 Å². The molecule has 3 rings (SSSR count). The standard InChI is InChI=1S/C28H46N2O5/c1-5-6-7-8-9-10-11-12-13-14-19-32-26-25-24(34-28(3,4)35-25)23(33-26)20-29-27(31)30-22-17-15-21(2)16-18-22/h15-18,23-26H,5-14,19-20H2,1-4H3,(H2,29,30,31)/t23-,24-,25-,26-/m0/s1. The number of anilines is 1. The van der Waals surface area contributed by atoms with Crippen LogP contribution in [0.4, 0.5) is 10.5 Å². The summed E-state index contributed by atoms with van der Waals surface area (Å²) in [5.74, 6) is -0.694. The summed E-state index contributed by atoms with van der Waals surface area (Å²) in [6, 6.07) is 7.41. The number of nitrogens with one attached hydrogen (secondary N) is 2. The molecule has 0 aromatic heterocycles. The molecule has 2 heterocycles. The Bertz CT molecular complexity index is 754. The molecule has 35 heavy (non-hydrogen) atoms. The van der Waals surface area contributed by atoms with Gasteiger partial charge in [-0.2, -0.15) is 0 Å². The minimum absolute atomic E-state index is 0.276. The smallest absolute Gasteiger partial charge is 0.319 e. The summed E-state index contributed by atoms with van der Waals surface area (Å²) in [5, 5.41) is 5.74. The van der Waals surface area contributed by atoms with Gasteiger partial charge in [-0.3, -0.25) is 0 Å². The second-order valence-corrected chi connectivity index (χ2v) is 10.4. The molecule has 0 radical (unpaired) electrons. The lowest BCUT2D eigenvalue weighted by molar-refractivity contribution is -0.232. The number of carbonyl (C=O) groups is 1. The molecule has 1 aromatic rings. The van der Waals surface area contributed by atoms with E-state index < -0.39 is 12.1 Å². The fraction of sp³-hybridized carbons (Fsp3) is 0.750. The predicted molar refractivity (Wildman–Crippen MR) is 138 cm³/mol. The third kappa shape index (κ3) is 9.37. The van der Waals surface area contributed by atoms with Crippen molar-refractivity contribution in [2.45, 2.75) is 122 Å². The van der Waals surface area contributed by atoms with E-state index in [2.05, 4.69) is 17.6 Å². The fourth-order valence-electron chi connectivity index (χ4n) is 4.74. The topological polar surface area (TPSA) is 78.1 Å². The summed E-state index contributed by atoms with van der Waals surface area (Å²) in [6.07, 6.45) is 11.5. The molecular formula is C28H46N2O5. The minimum Gasteiger partial charge on any atom is -0.350 e. The summed E-state index contributed by atoms with van der Waals surface area (Å²) in [5.41, 5.74) is 1.89. The number of hydrogen-bond donors (Lipinski definition) is 2. The molecular weight excluding hydrogens is 444 g/mol. The predicted octanol–water partition coefficient (Wildman–Crippen LogP) is 6.30. The third-order valence-electron chi connectivity index (χ3n) is 6.66. The molecule has 2 N–H and O–H groups in total. The highest BCUT2D eigenvalue weighted by molar-refractivity contribution is 5.89. The Hall–Kier alpha value is -1.67. The van der Waals surface area contributed by atoms with Crippen molar-refractivity contribution < 1.29 is 23.7 Å². The molecule has 0 unspecified atom stereocenters. The summed E-state index contributed by atoms with van der Waals surface area (Å²) in [6.45, 7) is 9.03. The Morgan fingerprint density at radius 2 is 1.51 bits per heavy atom. The Morgan fingerprint density at radius 3 is 2.17 bits per heavy atom. The first kappa shape index (κ1) is 27.9. The molecule has 4 atom stereocenters. The van der Waals surface area contributed by atoms with Crippen molar-refractivity contribution in [3.05, 3.63) is 29.8 Å². The van der Waals surface area contributed by atoms with Crippen LogP contribution in [0, 0.1) is 6.92 Å². The van der Waals surface area contributed by atoms with E-state index in [-0.39, 0.29) is 24.3 Å². The highest BCUT2D eigenvalue weighted by Crippen LogP contribution is 2.39. The van der Waals surface area contributed by atoms with E-state index >= 15 is 0 Å². The van der Waals surface area contributed by atoms with Crippen molar-refractivity contribution in [3.63, 3.8) is 0 Å². The number of rotatable bonds is 15. The van der Waals surface area contributed by atoms with Gasteiger partial charge >= 0.3 is 6.03 Å². The maximum atomic E-state index is 12.4. The molecule has 2 aliphatic heterocycles. The molecule has 1 aromatic carbocycles. The molecule has 0 spiro atoms. The quantitative estimate of drug-likeness (QED) is 0.282. The van der Waals surface area contributed by atoms with Gasteiger partial charge in [0.15, 0.2) is 12.1 Å². The number of aryl methyl sites for hydroxylation is 1. The Morgan fingerprint density at radius 1 is 0.914 bits per heavy atom. The van der Waals surface area contributed by atoms with Gasteiger partial charge in [-0.25, -0.2) is 4.79 Å². The number of amides is 2. The van der Waals surface area contributed by atoms with Gasteiger partial charge in [0, 0.05) is 18.8 Å². The molecule has 2 fully saturated rings. The summed E-state index contributed by atoms with van der Waals surface area (Å²) in [7, 11) is 0. The van der Waals surface area contributed by atoms with Crippen LogP contribution in [-0.4, -0.2) is 49.6 Å². The van der Waals surface area contributed by atoms with E-state index in [1.807, 2.05) is 45.0 Å². The fourth-order valence-corrected chi connectivity index (χ4v) is 4.74. The van der Waals surface area contributed by atoms with Crippen molar-refractivity contribution in [1.29, 1.82) is 0 Å². The van der Waals surface area contributed by atoms with Gasteiger partial charge in [0.05, 0.1) is 0 Å². The Kier molecular flexibility index (Phi) is 11.3. The summed E-state index contributed by atoms with van der Waals surface area (Å²) < 4.78 is 24.4. The van der Waals surface area contributed by atoms with Gasteiger partial charge in [0.25, 0.3) is 0 Å². The lowest BCUT2D eigenvalue weighted by atomic mass is 10.1. The molecule has 0 saturated carbocycles. The molecule has 198 valence electrons. The number of benzene rings is 1. The highest BCUT2D eigenvalue weighted by Gasteiger charge is 2.55. The first-order valence-corrected chi connectivity index (χ1v) is 13.6. The minimum atomic E-state index is -0.694. The molecule has 2 saturated heterocycles. The van der Waals surface area contributed by atoms with E-state index in [4.69, 9.17) is 18.9 Å². The average Bonchev–Trinajstić information content (AvgIpc) is 3.30. The monoisotopic (exact) mass is 490 g/mol. The third-order valence-corrected chi connectivity index (χ3v) is 6.66. The number of urea groups is 1. The van der Waals surface area contributed by atoms with Gasteiger partial charge in [-0.15, -0.1) is 0 Å². The van der Waals surface area contributed by atoms with Gasteiger partial charge in [-0.1, -0.05) is 82.4 Å². The van der Waals surface area contributed by atoms with E-state index in [0.717, 1.165) is 17.7 Å². The zero-order valence-electron chi connectivity index (χ0n) is 22.1. The average molecular weight is 491 g/mol. The van der Waals surface area contributed by atoms with E-state index in [1.165, 1.54) is 57.8 Å². The summed E-state index contributed by atoms with van der Waals surface area (Å²) in [4.78, 5) is 12.4. The second kappa shape index (κ2) is 14.2. The van der Waals surface area contributed by atoms with Gasteiger partial charge < -0.3 is 29.6 Å². The number of unbranched alkanes of at least 4 members (excludes halogenated alkanes) is 9. The first-order valence-electron chi connectivity index (χ1n) is 13.6. The van der Waals surface area contributed by atoms with Gasteiger partial charge in [-0.05, 0) is 39.3 Å². The van der Waals surface area contributed by atoms with Crippen LogP contribution in [0.3, 0.4) is 0 Å². The first-order chi connectivity index (χ1) is 16.9. The second-order valence-electron chi connectivity index (χ2n) is 10.4. The molecule has 2 amide bonds. The maximum absolute atomic E-state index is 12.4. The number of fused-ring (bicyclic) bond motifs is 1. The molecule has 0 bridgehead atoms. The van der Waals surface area contributed by atoms with Gasteiger partial charge in [0.1, 0.15) is 18.3 Å². The lowest BCUT2D eigenvalue weighted by Gasteiger charge is -2.24. The number of hydrogen-bond acceptors (Lipinski definition) is 5. The number of carbonyl (C=O) groups excluding carboxylic acids is 1. The van der Waals surface area contributed by atoms with Crippen LogP contribution in [0.1, 0.15) is 90.5 Å². The van der Waals surface area contributed by atoms with E-state index in [9.17, 15) is 4.79 Å². The molecule has 7 nitrogen and oxygen atoms in total. The maximum Gasteiger partial charge on any atom is 0.319 e. The van der Waals surface area contributed by atoms with E-state index in [1.54, 1.807) is 0 Å². The zero-order chi connectivity index (χ0) is 25.1. The van der Waals surface area contributed by atoms with Gasteiger partial charge in [0.2, 0.25) is 0 Å². The van der Waals surface area contributed by atoms with Crippen LogP contribution in [0.15, 0.2) is 24.3 Å².